The van der Waals surface area contributed by atoms with Crippen LogP contribution in [0.1, 0.15) is 48.5 Å². The summed E-state index contributed by atoms with van der Waals surface area (Å²) in [5.74, 6) is -0.989. The van der Waals surface area contributed by atoms with Gasteiger partial charge in [-0.05, 0) is 27.7 Å². The summed E-state index contributed by atoms with van der Waals surface area (Å²) in [6.07, 6.45) is 0. The van der Waals surface area contributed by atoms with Gasteiger partial charge in [-0.2, -0.15) is 0 Å². The van der Waals surface area contributed by atoms with Crippen molar-refractivity contribution in [2.75, 3.05) is 0 Å². The first-order chi connectivity index (χ1) is 7.17. The van der Waals surface area contributed by atoms with E-state index in [1.807, 2.05) is 27.7 Å². The fourth-order valence-electron chi connectivity index (χ4n) is 2.33. The molecule has 2 heterocycles. The Hall–Kier alpha value is -0.580. The molecule has 2 rings (SSSR count). The summed E-state index contributed by atoms with van der Waals surface area (Å²) >= 11 is 7.30. The molecule has 0 fully saturated rings. The maximum absolute atomic E-state index is 11.2. The molecular formula is C11H13ClO3S. The zero-order valence-electron chi connectivity index (χ0n) is 9.55. The van der Waals surface area contributed by atoms with Gasteiger partial charge < -0.3 is 9.84 Å². The Bertz CT molecular complexity index is 474. The SMILES string of the molecule is CC1(C)OC(C)(C)c2c1sc(Cl)c2C(=O)O. The van der Waals surface area contributed by atoms with Crippen LogP contribution < -0.4 is 0 Å². The molecule has 0 atom stereocenters. The van der Waals surface area contributed by atoms with Gasteiger partial charge >= 0.3 is 5.97 Å². The average molecular weight is 261 g/mol. The number of carboxylic acids is 1. The Morgan fingerprint density at radius 3 is 2.38 bits per heavy atom. The molecule has 88 valence electrons. The minimum atomic E-state index is -0.989. The lowest BCUT2D eigenvalue weighted by Crippen LogP contribution is -2.23. The molecule has 0 saturated heterocycles. The predicted octanol–water partition coefficient (Wildman–Crippen LogP) is 3.60. The number of hydrogen-bond donors (Lipinski definition) is 1. The zero-order chi connectivity index (χ0) is 12.3. The quantitative estimate of drug-likeness (QED) is 0.839. The van der Waals surface area contributed by atoms with Crippen molar-refractivity contribution in [1.29, 1.82) is 0 Å². The van der Waals surface area contributed by atoms with Crippen LogP contribution >= 0.6 is 22.9 Å². The first kappa shape index (κ1) is 11.9. The second kappa shape index (κ2) is 3.22. The molecule has 1 N–H and O–H groups in total. The van der Waals surface area contributed by atoms with Crippen LogP contribution in [0.5, 0.6) is 0 Å². The van der Waals surface area contributed by atoms with E-state index in [1.54, 1.807) is 0 Å². The van der Waals surface area contributed by atoms with E-state index in [4.69, 9.17) is 16.3 Å². The molecular weight excluding hydrogens is 248 g/mol. The number of aromatic carboxylic acids is 1. The van der Waals surface area contributed by atoms with E-state index in [0.29, 0.717) is 4.34 Å². The van der Waals surface area contributed by atoms with Gasteiger partial charge in [-0.3, -0.25) is 0 Å². The zero-order valence-corrected chi connectivity index (χ0v) is 11.1. The fraction of sp³-hybridized carbons (Fsp3) is 0.545. The van der Waals surface area contributed by atoms with Gasteiger partial charge in [-0.1, -0.05) is 11.6 Å². The second-order valence-corrected chi connectivity index (χ2v) is 6.51. The van der Waals surface area contributed by atoms with Crippen molar-refractivity contribution < 1.29 is 14.6 Å². The van der Waals surface area contributed by atoms with E-state index in [0.717, 1.165) is 10.4 Å². The molecule has 0 aliphatic carbocycles. The minimum Gasteiger partial charge on any atom is -0.478 e. The monoisotopic (exact) mass is 260 g/mol. The fourth-order valence-corrected chi connectivity index (χ4v) is 3.94. The molecule has 16 heavy (non-hydrogen) atoms. The van der Waals surface area contributed by atoms with Crippen molar-refractivity contribution in [2.24, 2.45) is 0 Å². The molecule has 1 aromatic heterocycles. The van der Waals surface area contributed by atoms with E-state index in [1.165, 1.54) is 11.3 Å². The van der Waals surface area contributed by atoms with Gasteiger partial charge in [-0.25, -0.2) is 4.79 Å². The Kier molecular flexibility index (Phi) is 2.39. The highest BCUT2D eigenvalue weighted by atomic mass is 35.5. The summed E-state index contributed by atoms with van der Waals surface area (Å²) in [5, 5.41) is 9.19. The summed E-state index contributed by atoms with van der Waals surface area (Å²) in [5.41, 5.74) is -0.158. The Balaban J connectivity index is 2.77. The predicted molar refractivity (Wildman–Crippen MR) is 63.4 cm³/mol. The number of halogens is 1. The topological polar surface area (TPSA) is 46.5 Å². The van der Waals surface area contributed by atoms with Crippen molar-refractivity contribution in [3.05, 3.63) is 20.3 Å². The van der Waals surface area contributed by atoms with Gasteiger partial charge in [0.05, 0.1) is 16.8 Å². The van der Waals surface area contributed by atoms with Crippen LogP contribution in [0, 0.1) is 0 Å². The Morgan fingerprint density at radius 1 is 1.31 bits per heavy atom. The molecule has 0 bridgehead atoms. The smallest absolute Gasteiger partial charge is 0.338 e. The van der Waals surface area contributed by atoms with Gasteiger partial charge in [0.15, 0.2) is 0 Å². The lowest BCUT2D eigenvalue weighted by atomic mass is 9.94. The van der Waals surface area contributed by atoms with E-state index < -0.39 is 17.2 Å². The molecule has 1 aliphatic heterocycles. The third-order valence-electron chi connectivity index (χ3n) is 2.74. The molecule has 1 aromatic rings. The van der Waals surface area contributed by atoms with Crippen molar-refractivity contribution in [3.63, 3.8) is 0 Å². The van der Waals surface area contributed by atoms with E-state index in [-0.39, 0.29) is 5.56 Å². The van der Waals surface area contributed by atoms with Crippen LogP contribution in [-0.2, 0) is 15.9 Å². The third-order valence-corrected chi connectivity index (χ3v) is 4.44. The van der Waals surface area contributed by atoms with Gasteiger partial charge in [0.1, 0.15) is 4.34 Å². The number of rotatable bonds is 1. The normalized spacial score (nSPS) is 20.8. The standard InChI is InChI=1S/C11H13ClO3S/c1-10(2)6-5(9(13)14)8(12)16-7(6)11(3,4)15-10/h1-4H3,(H,13,14). The Labute approximate surface area is 103 Å². The van der Waals surface area contributed by atoms with Crippen LogP contribution in [-0.4, -0.2) is 11.1 Å². The maximum atomic E-state index is 11.2. The van der Waals surface area contributed by atoms with E-state index in [2.05, 4.69) is 0 Å². The highest BCUT2D eigenvalue weighted by Crippen LogP contribution is 2.53. The lowest BCUT2D eigenvalue weighted by Gasteiger charge is -2.25. The molecule has 0 aromatic carbocycles. The number of thiophene rings is 1. The summed E-state index contributed by atoms with van der Waals surface area (Å²) < 4.78 is 6.22. The Morgan fingerprint density at radius 2 is 1.88 bits per heavy atom. The van der Waals surface area contributed by atoms with Crippen molar-refractivity contribution >= 4 is 28.9 Å². The van der Waals surface area contributed by atoms with Gasteiger partial charge in [0.25, 0.3) is 0 Å². The molecule has 0 unspecified atom stereocenters. The first-order valence-corrected chi connectivity index (χ1v) is 6.13. The van der Waals surface area contributed by atoms with Crippen LogP contribution in [0.4, 0.5) is 0 Å². The maximum Gasteiger partial charge on any atom is 0.338 e. The third kappa shape index (κ3) is 1.48. The van der Waals surface area contributed by atoms with Crippen molar-refractivity contribution in [2.45, 2.75) is 38.9 Å². The molecule has 3 nitrogen and oxygen atoms in total. The second-order valence-electron chi connectivity index (χ2n) is 4.88. The highest BCUT2D eigenvalue weighted by molar-refractivity contribution is 7.17. The summed E-state index contributed by atoms with van der Waals surface area (Å²) in [6.45, 7) is 7.60. The molecule has 5 heteroatoms. The molecule has 1 aliphatic rings. The summed E-state index contributed by atoms with van der Waals surface area (Å²) in [7, 11) is 0. The van der Waals surface area contributed by atoms with E-state index in [9.17, 15) is 9.90 Å². The van der Waals surface area contributed by atoms with Crippen molar-refractivity contribution in [1.82, 2.24) is 0 Å². The highest BCUT2D eigenvalue weighted by Gasteiger charge is 2.48. The number of hydrogen-bond acceptors (Lipinski definition) is 3. The number of carbonyl (C=O) groups is 1. The van der Waals surface area contributed by atoms with E-state index >= 15 is 0 Å². The number of fused-ring (bicyclic) bond motifs is 1. The van der Waals surface area contributed by atoms with Crippen LogP contribution in [0.15, 0.2) is 0 Å². The molecule has 0 amide bonds. The lowest BCUT2D eigenvalue weighted by molar-refractivity contribution is -0.104. The number of ether oxygens (including phenoxy) is 1. The van der Waals surface area contributed by atoms with Crippen LogP contribution in [0.2, 0.25) is 4.34 Å². The minimum absolute atomic E-state index is 0.192. The van der Waals surface area contributed by atoms with Gasteiger partial charge in [0.2, 0.25) is 0 Å². The average Bonchev–Trinajstić information content (AvgIpc) is 2.48. The van der Waals surface area contributed by atoms with Gasteiger partial charge in [0, 0.05) is 10.4 Å². The van der Waals surface area contributed by atoms with Crippen molar-refractivity contribution in [3.8, 4) is 0 Å². The number of carboxylic acid groups (broad SMARTS) is 1. The molecule has 0 radical (unpaired) electrons. The van der Waals surface area contributed by atoms with Gasteiger partial charge in [-0.15, -0.1) is 11.3 Å². The largest absolute Gasteiger partial charge is 0.478 e. The summed E-state index contributed by atoms with van der Waals surface area (Å²) in [4.78, 5) is 12.1. The van der Waals surface area contributed by atoms with Crippen LogP contribution in [0.3, 0.4) is 0 Å². The molecule has 0 saturated carbocycles. The first-order valence-electron chi connectivity index (χ1n) is 4.93. The molecule has 0 spiro atoms. The van der Waals surface area contributed by atoms with Crippen LogP contribution in [0.25, 0.3) is 0 Å². The summed E-state index contributed by atoms with van der Waals surface area (Å²) in [6, 6.07) is 0.